The van der Waals surface area contributed by atoms with Crippen LogP contribution in [0.15, 0.2) is 42.6 Å². The van der Waals surface area contributed by atoms with E-state index < -0.39 is 0 Å². The van der Waals surface area contributed by atoms with Gasteiger partial charge >= 0.3 is 0 Å². The number of amides is 2. The first-order valence-electron chi connectivity index (χ1n) is 11.2. The van der Waals surface area contributed by atoms with Crippen molar-refractivity contribution in [3.05, 3.63) is 53.7 Å². The molecule has 0 saturated carbocycles. The number of anilines is 2. The lowest BCUT2D eigenvalue weighted by molar-refractivity contribution is -0.116. The molecule has 2 amide bonds. The number of carbonyl (C=O) groups is 2. The van der Waals surface area contributed by atoms with Crippen LogP contribution in [-0.4, -0.2) is 48.6 Å². The van der Waals surface area contributed by atoms with E-state index in [4.69, 9.17) is 4.74 Å². The first-order valence-corrected chi connectivity index (χ1v) is 11.2. The zero-order chi connectivity index (χ0) is 23.3. The smallest absolute Gasteiger partial charge is 0.251 e. The second-order valence-electron chi connectivity index (χ2n) is 9.45. The van der Waals surface area contributed by atoms with Gasteiger partial charge in [-0.3, -0.25) is 9.59 Å². The van der Waals surface area contributed by atoms with E-state index in [0.717, 1.165) is 18.9 Å². The van der Waals surface area contributed by atoms with E-state index in [1.165, 1.54) is 5.56 Å². The Bertz CT molecular complexity index is 910. The number of pyridine rings is 1. The van der Waals surface area contributed by atoms with E-state index >= 15 is 0 Å². The first kappa shape index (κ1) is 23.7. The van der Waals surface area contributed by atoms with Gasteiger partial charge < -0.3 is 20.3 Å². The Morgan fingerprint density at radius 1 is 1.06 bits per heavy atom. The zero-order valence-electron chi connectivity index (χ0n) is 19.6. The molecular weight excluding hydrogens is 404 g/mol. The lowest BCUT2D eigenvalue weighted by Crippen LogP contribution is -2.45. The van der Waals surface area contributed by atoms with Gasteiger partial charge in [0.2, 0.25) is 5.91 Å². The molecule has 0 bridgehead atoms. The second kappa shape index (κ2) is 10.1. The molecular formula is C25H34N4O3. The minimum atomic E-state index is -0.182. The van der Waals surface area contributed by atoms with Gasteiger partial charge in [0.15, 0.2) is 0 Å². The lowest BCUT2D eigenvalue weighted by Gasteiger charge is -2.36. The molecule has 172 valence electrons. The number of hydrogen-bond donors (Lipinski definition) is 2. The third-order valence-electron chi connectivity index (χ3n) is 5.43. The van der Waals surface area contributed by atoms with Crippen molar-refractivity contribution in [2.24, 2.45) is 0 Å². The van der Waals surface area contributed by atoms with Crippen molar-refractivity contribution in [1.29, 1.82) is 0 Å². The molecule has 0 spiro atoms. The van der Waals surface area contributed by atoms with Crippen LogP contribution in [0, 0.1) is 0 Å². The Balaban J connectivity index is 1.44. The largest absolute Gasteiger partial charge is 0.372 e. The predicted molar refractivity (Wildman–Crippen MR) is 127 cm³/mol. The van der Waals surface area contributed by atoms with Gasteiger partial charge in [0.1, 0.15) is 5.82 Å². The zero-order valence-corrected chi connectivity index (χ0v) is 19.6. The van der Waals surface area contributed by atoms with E-state index in [1.54, 1.807) is 6.20 Å². The molecule has 1 saturated heterocycles. The van der Waals surface area contributed by atoms with Gasteiger partial charge in [-0.15, -0.1) is 0 Å². The normalized spacial score (nSPS) is 18.8. The molecule has 1 aromatic heterocycles. The lowest BCUT2D eigenvalue weighted by atomic mass is 9.87. The molecule has 2 aromatic rings. The molecule has 1 aliphatic heterocycles. The van der Waals surface area contributed by atoms with Crippen LogP contribution in [0.25, 0.3) is 0 Å². The van der Waals surface area contributed by atoms with Crippen molar-refractivity contribution in [2.75, 3.05) is 29.9 Å². The maximum atomic E-state index is 12.3. The van der Waals surface area contributed by atoms with Crippen LogP contribution in [-0.2, 0) is 14.9 Å². The van der Waals surface area contributed by atoms with Crippen molar-refractivity contribution >= 4 is 23.3 Å². The Morgan fingerprint density at radius 2 is 1.72 bits per heavy atom. The van der Waals surface area contributed by atoms with Gasteiger partial charge in [0.05, 0.1) is 24.1 Å². The van der Waals surface area contributed by atoms with Gasteiger partial charge in [0.25, 0.3) is 5.91 Å². The summed E-state index contributed by atoms with van der Waals surface area (Å²) in [6.45, 7) is 12.4. The third-order valence-corrected chi connectivity index (χ3v) is 5.43. The Kier molecular flexibility index (Phi) is 7.51. The maximum Gasteiger partial charge on any atom is 0.251 e. The van der Waals surface area contributed by atoms with E-state index in [1.807, 2.05) is 36.4 Å². The molecule has 0 radical (unpaired) electrons. The maximum absolute atomic E-state index is 12.3. The van der Waals surface area contributed by atoms with E-state index in [2.05, 4.69) is 55.1 Å². The topological polar surface area (TPSA) is 83.6 Å². The molecule has 32 heavy (non-hydrogen) atoms. The van der Waals surface area contributed by atoms with E-state index in [9.17, 15) is 9.59 Å². The van der Waals surface area contributed by atoms with Crippen LogP contribution < -0.4 is 15.5 Å². The Labute approximate surface area is 190 Å². The molecule has 2 heterocycles. The molecule has 2 unspecified atom stereocenters. The number of morpholine rings is 1. The summed E-state index contributed by atoms with van der Waals surface area (Å²) in [5.74, 6) is 0.518. The number of aromatic nitrogens is 1. The summed E-state index contributed by atoms with van der Waals surface area (Å²) < 4.78 is 5.76. The monoisotopic (exact) mass is 438 g/mol. The fourth-order valence-corrected chi connectivity index (χ4v) is 3.75. The number of nitrogens with zero attached hydrogens (tertiary/aromatic N) is 2. The highest BCUT2D eigenvalue weighted by Gasteiger charge is 2.23. The third kappa shape index (κ3) is 6.53. The van der Waals surface area contributed by atoms with Crippen molar-refractivity contribution in [3.63, 3.8) is 0 Å². The van der Waals surface area contributed by atoms with Crippen LogP contribution in [0.1, 0.15) is 57.0 Å². The van der Waals surface area contributed by atoms with Gasteiger partial charge in [-0.1, -0.05) is 32.9 Å². The summed E-state index contributed by atoms with van der Waals surface area (Å²) in [5, 5.41) is 5.63. The van der Waals surface area contributed by atoms with Crippen LogP contribution in [0.3, 0.4) is 0 Å². The van der Waals surface area contributed by atoms with E-state index in [-0.39, 0.29) is 42.4 Å². The highest BCUT2D eigenvalue weighted by Crippen LogP contribution is 2.22. The fraction of sp³-hybridized carbons (Fsp3) is 0.480. The van der Waals surface area contributed by atoms with Gasteiger partial charge in [0, 0.05) is 31.6 Å². The molecule has 1 fully saturated rings. The Morgan fingerprint density at radius 3 is 2.28 bits per heavy atom. The van der Waals surface area contributed by atoms with Crippen LogP contribution >= 0.6 is 0 Å². The number of benzene rings is 1. The summed E-state index contributed by atoms with van der Waals surface area (Å²) in [6, 6.07) is 11.3. The fourth-order valence-electron chi connectivity index (χ4n) is 3.75. The molecule has 3 rings (SSSR count). The summed E-state index contributed by atoms with van der Waals surface area (Å²) in [7, 11) is 0. The molecule has 1 aromatic carbocycles. The molecule has 7 heteroatoms. The average molecular weight is 439 g/mol. The molecule has 2 atom stereocenters. The van der Waals surface area contributed by atoms with Gasteiger partial charge in [-0.25, -0.2) is 4.98 Å². The predicted octanol–water partition coefficient (Wildman–Crippen LogP) is 3.75. The number of hydrogen-bond acceptors (Lipinski definition) is 5. The first-order chi connectivity index (χ1) is 15.1. The van der Waals surface area contributed by atoms with Crippen molar-refractivity contribution in [1.82, 2.24) is 10.3 Å². The van der Waals surface area contributed by atoms with Gasteiger partial charge in [-0.05, 0) is 49.1 Å². The Hall–Kier alpha value is -2.93. The molecule has 7 nitrogen and oxygen atoms in total. The second-order valence-corrected chi connectivity index (χ2v) is 9.45. The highest BCUT2D eigenvalue weighted by molar-refractivity contribution is 5.95. The molecule has 1 aliphatic rings. The SMILES string of the molecule is CC1CN(c2ccc(NC(=O)CCNC(=O)c3ccc(C(C)(C)C)cc3)cn2)CC(C)O1. The molecule has 0 aliphatic carbocycles. The number of carbonyl (C=O) groups excluding carboxylic acids is 2. The van der Waals surface area contributed by atoms with Crippen molar-refractivity contribution in [2.45, 2.75) is 58.7 Å². The number of nitrogens with one attached hydrogen (secondary N) is 2. The van der Waals surface area contributed by atoms with Crippen LogP contribution in [0.2, 0.25) is 0 Å². The van der Waals surface area contributed by atoms with E-state index in [0.29, 0.717) is 11.3 Å². The summed E-state index contributed by atoms with van der Waals surface area (Å²) in [5.41, 5.74) is 2.44. The summed E-state index contributed by atoms with van der Waals surface area (Å²) in [4.78, 5) is 31.2. The average Bonchev–Trinajstić information content (AvgIpc) is 2.73. The molecule has 2 N–H and O–H groups in total. The highest BCUT2D eigenvalue weighted by atomic mass is 16.5. The van der Waals surface area contributed by atoms with Crippen molar-refractivity contribution < 1.29 is 14.3 Å². The standard InChI is InChI=1S/C25H34N4O3/c1-17-15-29(16-18(2)32-17)22-11-10-21(14-27-22)28-23(30)12-13-26-24(31)19-6-8-20(9-7-19)25(3,4)5/h6-11,14,17-18H,12-13,15-16H2,1-5H3,(H,26,31)(H,28,30). The van der Waals surface area contributed by atoms with Crippen LogP contribution in [0.4, 0.5) is 11.5 Å². The van der Waals surface area contributed by atoms with Crippen molar-refractivity contribution in [3.8, 4) is 0 Å². The number of ether oxygens (including phenoxy) is 1. The minimum Gasteiger partial charge on any atom is -0.372 e. The number of rotatable bonds is 6. The van der Waals surface area contributed by atoms with Crippen LogP contribution in [0.5, 0.6) is 0 Å². The quantitative estimate of drug-likeness (QED) is 0.718. The minimum absolute atomic E-state index is 0.0409. The van der Waals surface area contributed by atoms with Gasteiger partial charge in [-0.2, -0.15) is 0 Å². The summed E-state index contributed by atoms with van der Waals surface area (Å²) >= 11 is 0. The summed E-state index contributed by atoms with van der Waals surface area (Å²) in [6.07, 6.45) is 2.16.